The summed E-state index contributed by atoms with van der Waals surface area (Å²) in [5.74, 6) is 0.290. The molecule has 1 atom stereocenters. The number of hydrogen-bond acceptors (Lipinski definition) is 5. The molecule has 2 aliphatic heterocycles. The Bertz CT molecular complexity index is 938. The molecule has 0 spiro atoms. The number of carbonyl (C=O) groups excluding carboxylic acids is 1. The summed E-state index contributed by atoms with van der Waals surface area (Å²) in [6, 6.07) is 14.3. The van der Waals surface area contributed by atoms with Gasteiger partial charge < -0.3 is 10.7 Å². The van der Waals surface area contributed by atoms with Crippen molar-refractivity contribution in [3.05, 3.63) is 71.4 Å². The van der Waals surface area contributed by atoms with E-state index in [1.54, 1.807) is 0 Å². The van der Waals surface area contributed by atoms with Gasteiger partial charge in [0.05, 0.1) is 17.5 Å². The van der Waals surface area contributed by atoms with Gasteiger partial charge >= 0.3 is 0 Å². The molecule has 2 N–H and O–H groups in total. The van der Waals surface area contributed by atoms with Crippen LogP contribution in [0.4, 0.5) is 11.4 Å². The van der Waals surface area contributed by atoms with Gasteiger partial charge in [-0.1, -0.05) is 55.1 Å². The molecular formula is C21H22N4OS. The molecule has 0 radical (unpaired) electrons. The average molecular weight is 379 g/mol. The molecule has 27 heavy (non-hydrogen) atoms. The second-order valence-electron chi connectivity index (χ2n) is 6.56. The number of hydrazine groups is 1. The Kier molecular flexibility index (Phi) is 4.90. The van der Waals surface area contributed by atoms with Gasteiger partial charge in [0.15, 0.2) is 5.17 Å². The molecule has 2 aromatic carbocycles. The fourth-order valence-corrected chi connectivity index (χ4v) is 4.20. The first-order valence-corrected chi connectivity index (χ1v) is 10.1. The average Bonchev–Trinajstić information content (AvgIpc) is 3.18. The van der Waals surface area contributed by atoms with Crippen molar-refractivity contribution in [2.24, 2.45) is 4.99 Å². The van der Waals surface area contributed by atoms with Gasteiger partial charge in [-0.25, -0.2) is 4.99 Å². The topological polar surface area (TPSA) is 56.7 Å². The largest absolute Gasteiger partial charge is 0.325 e. The lowest BCUT2D eigenvalue weighted by atomic mass is 10.0. The van der Waals surface area contributed by atoms with Crippen molar-refractivity contribution < 1.29 is 4.79 Å². The number of amidine groups is 1. The number of anilines is 1. The van der Waals surface area contributed by atoms with E-state index in [1.807, 2.05) is 48.5 Å². The lowest BCUT2D eigenvalue weighted by Gasteiger charge is -2.31. The Hall–Kier alpha value is -2.73. The number of fused-ring (bicyclic) bond motifs is 3. The number of carbonyl (C=O) groups is 1. The van der Waals surface area contributed by atoms with Crippen molar-refractivity contribution in [3.63, 3.8) is 0 Å². The quantitative estimate of drug-likeness (QED) is 0.833. The van der Waals surface area contributed by atoms with Gasteiger partial charge in [-0.2, -0.15) is 0 Å². The van der Waals surface area contributed by atoms with E-state index in [0.717, 1.165) is 34.1 Å². The number of benzene rings is 2. The molecule has 5 nitrogen and oxygen atoms in total. The summed E-state index contributed by atoms with van der Waals surface area (Å²) in [4.78, 5) is 17.3. The summed E-state index contributed by atoms with van der Waals surface area (Å²) in [6.07, 6.45) is 4.91. The molecule has 2 aromatic rings. The molecular weight excluding hydrogens is 356 g/mol. The maximum absolute atomic E-state index is 12.6. The van der Waals surface area contributed by atoms with E-state index in [9.17, 15) is 4.79 Å². The summed E-state index contributed by atoms with van der Waals surface area (Å²) in [6.45, 7) is 4.12. The zero-order chi connectivity index (χ0) is 18.8. The van der Waals surface area contributed by atoms with Crippen LogP contribution in [-0.4, -0.2) is 21.8 Å². The standard InChI is InChI=1S/C21H22N4OS/c1-3-15-8-6-7-14(2)20(15)24-19(26)13-27-21-23-17-10-5-4-9-16(17)18-11-12-22-25(18)21/h4-12,18,22H,3,13H2,1-2H3,(H,24,26)/t18-/m0/s1. The molecule has 0 fully saturated rings. The number of amides is 1. The fourth-order valence-electron chi connectivity index (χ4n) is 3.40. The number of nitrogens with one attached hydrogen (secondary N) is 2. The van der Waals surface area contributed by atoms with Gasteiger partial charge in [0.1, 0.15) is 0 Å². The molecule has 0 saturated carbocycles. The minimum atomic E-state index is -0.0192. The van der Waals surface area contributed by atoms with Crippen LogP contribution in [0.25, 0.3) is 0 Å². The SMILES string of the molecule is CCc1cccc(C)c1NC(=O)CSC1=Nc2ccccc2[C@@H]2C=CNN12. The first-order valence-electron chi connectivity index (χ1n) is 9.08. The van der Waals surface area contributed by atoms with Gasteiger partial charge in [0.2, 0.25) is 5.91 Å². The second kappa shape index (κ2) is 7.48. The number of nitrogens with zero attached hydrogens (tertiary/aromatic N) is 2. The summed E-state index contributed by atoms with van der Waals surface area (Å²) >= 11 is 1.45. The number of para-hydroxylation sites is 2. The second-order valence-corrected chi connectivity index (χ2v) is 7.50. The normalized spacial score (nSPS) is 17.0. The number of rotatable bonds is 4. The predicted octanol–water partition coefficient (Wildman–Crippen LogP) is 4.31. The highest BCUT2D eigenvalue weighted by Gasteiger charge is 2.31. The molecule has 2 aliphatic rings. The fraction of sp³-hybridized carbons (Fsp3) is 0.238. The Morgan fingerprint density at radius 3 is 2.96 bits per heavy atom. The summed E-state index contributed by atoms with van der Waals surface area (Å²) in [5, 5.41) is 5.89. The van der Waals surface area contributed by atoms with Gasteiger partial charge in [-0.15, -0.1) is 0 Å². The third-order valence-electron chi connectivity index (χ3n) is 4.78. The summed E-state index contributed by atoms with van der Waals surface area (Å²) < 4.78 is 0. The third-order valence-corrected chi connectivity index (χ3v) is 5.74. The van der Waals surface area contributed by atoms with Crippen LogP contribution in [0.1, 0.15) is 29.7 Å². The molecule has 138 valence electrons. The van der Waals surface area contributed by atoms with Crippen LogP contribution in [0.5, 0.6) is 0 Å². The van der Waals surface area contributed by atoms with Crippen LogP contribution in [0, 0.1) is 6.92 Å². The zero-order valence-electron chi connectivity index (χ0n) is 15.4. The predicted molar refractivity (Wildman–Crippen MR) is 112 cm³/mol. The Morgan fingerprint density at radius 1 is 1.26 bits per heavy atom. The highest BCUT2D eigenvalue weighted by atomic mass is 32.2. The van der Waals surface area contributed by atoms with Crippen LogP contribution in [-0.2, 0) is 11.2 Å². The summed E-state index contributed by atoms with van der Waals surface area (Å²) in [7, 11) is 0. The molecule has 1 amide bonds. The maximum atomic E-state index is 12.6. The Balaban J connectivity index is 1.48. The van der Waals surface area contributed by atoms with Crippen LogP contribution in [0.3, 0.4) is 0 Å². The highest BCUT2D eigenvalue weighted by molar-refractivity contribution is 8.14. The van der Waals surface area contributed by atoms with E-state index in [4.69, 9.17) is 4.99 Å². The van der Waals surface area contributed by atoms with E-state index >= 15 is 0 Å². The Labute approximate surface area is 163 Å². The van der Waals surface area contributed by atoms with Crippen molar-refractivity contribution in [3.8, 4) is 0 Å². The van der Waals surface area contributed by atoms with Gasteiger partial charge in [0, 0.05) is 17.5 Å². The highest BCUT2D eigenvalue weighted by Crippen LogP contribution is 2.38. The molecule has 0 aromatic heterocycles. The molecule has 0 bridgehead atoms. The lowest BCUT2D eigenvalue weighted by Crippen LogP contribution is -2.39. The van der Waals surface area contributed by atoms with Crippen molar-refractivity contribution in [2.75, 3.05) is 11.1 Å². The van der Waals surface area contributed by atoms with Crippen LogP contribution in [0.2, 0.25) is 0 Å². The molecule has 0 saturated heterocycles. The van der Waals surface area contributed by atoms with Gasteiger partial charge in [-0.05, 0) is 36.6 Å². The van der Waals surface area contributed by atoms with Gasteiger partial charge in [0.25, 0.3) is 0 Å². The van der Waals surface area contributed by atoms with Crippen LogP contribution >= 0.6 is 11.8 Å². The molecule has 6 heteroatoms. The van der Waals surface area contributed by atoms with E-state index in [2.05, 4.69) is 35.9 Å². The number of hydrogen-bond donors (Lipinski definition) is 2. The van der Waals surface area contributed by atoms with E-state index < -0.39 is 0 Å². The molecule has 0 aliphatic carbocycles. The van der Waals surface area contributed by atoms with Crippen molar-refractivity contribution >= 4 is 34.2 Å². The lowest BCUT2D eigenvalue weighted by molar-refractivity contribution is -0.113. The minimum Gasteiger partial charge on any atom is -0.325 e. The Morgan fingerprint density at radius 2 is 2.11 bits per heavy atom. The molecule has 2 heterocycles. The minimum absolute atomic E-state index is 0.0192. The zero-order valence-corrected chi connectivity index (χ0v) is 16.2. The van der Waals surface area contributed by atoms with Crippen molar-refractivity contribution in [1.29, 1.82) is 0 Å². The monoisotopic (exact) mass is 378 g/mol. The number of thioether (sulfide) groups is 1. The first kappa shape index (κ1) is 17.7. The number of aliphatic imine (C=N–C) groups is 1. The van der Waals surface area contributed by atoms with E-state index in [-0.39, 0.29) is 11.9 Å². The molecule has 4 rings (SSSR count). The molecule has 0 unspecified atom stereocenters. The van der Waals surface area contributed by atoms with E-state index in [0.29, 0.717) is 5.75 Å². The van der Waals surface area contributed by atoms with Crippen LogP contribution < -0.4 is 10.7 Å². The first-order chi connectivity index (χ1) is 13.2. The van der Waals surface area contributed by atoms with Crippen molar-refractivity contribution in [1.82, 2.24) is 10.4 Å². The van der Waals surface area contributed by atoms with E-state index in [1.165, 1.54) is 17.3 Å². The smallest absolute Gasteiger partial charge is 0.234 e. The third kappa shape index (κ3) is 3.45. The summed E-state index contributed by atoms with van der Waals surface area (Å²) in [5.41, 5.74) is 8.52. The number of aryl methyl sites for hydroxylation is 2. The van der Waals surface area contributed by atoms with Gasteiger partial charge in [-0.3, -0.25) is 9.80 Å². The maximum Gasteiger partial charge on any atom is 0.234 e. The van der Waals surface area contributed by atoms with Crippen LogP contribution in [0.15, 0.2) is 59.7 Å². The van der Waals surface area contributed by atoms with Crippen molar-refractivity contribution in [2.45, 2.75) is 26.3 Å².